The number of ether oxygens (including phenoxy) is 1. The van der Waals surface area contributed by atoms with E-state index in [1.54, 1.807) is 60.7 Å². The van der Waals surface area contributed by atoms with Gasteiger partial charge < -0.3 is 26.8 Å². The standard InChI is InChI=1S/C23H21NO5.BrH/c25-21(28-17-18-10-4-1-5-11-18)16-24-29-22(26)23(27,19-12-6-2-7-13-19)20-14-8-3-9-15-20;/h1-15,24,27H,16-17H2;1H. The average Bonchev–Trinajstić information content (AvgIpc) is 2.79. The lowest BCUT2D eigenvalue weighted by Gasteiger charge is -2.25. The molecule has 3 rings (SSSR count). The van der Waals surface area contributed by atoms with Gasteiger partial charge in [-0.15, -0.1) is 5.48 Å². The minimum absolute atomic E-state index is 0. The van der Waals surface area contributed by atoms with Gasteiger partial charge in [-0.1, -0.05) is 91.0 Å². The molecule has 0 bridgehead atoms. The Morgan fingerprint density at radius 1 is 0.800 bits per heavy atom. The van der Waals surface area contributed by atoms with Gasteiger partial charge in [0.2, 0.25) is 12.1 Å². The summed E-state index contributed by atoms with van der Waals surface area (Å²) in [6.45, 7) is -0.0857. The summed E-state index contributed by atoms with van der Waals surface area (Å²) in [6.07, 6.45) is 0. The number of hydrogen-bond acceptors (Lipinski definition) is 5. The number of hydroxylamine groups is 1. The molecule has 6 nitrogen and oxygen atoms in total. The van der Waals surface area contributed by atoms with E-state index >= 15 is 0 Å². The number of hydrogen-bond donors (Lipinski definition) is 2. The molecule has 0 aliphatic heterocycles. The first kappa shape index (κ1) is 23.3. The number of halogens is 1. The number of nitrogens with two attached hydrogens (primary N) is 1. The number of rotatable bonds is 8. The smallest absolute Gasteiger partial charge is 0.406 e. The van der Waals surface area contributed by atoms with Crippen LogP contribution < -0.4 is 22.5 Å². The van der Waals surface area contributed by atoms with Crippen LogP contribution in [-0.4, -0.2) is 23.6 Å². The van der Waals surface area contributed by atoms with E-state index in [0.717, 1.165) is 11.0 Å². The first-order valence-corrected chi connectivity index (χ1v) is 9.16. The third kappa shape index (κ3) is 5.76. The molecule has 0 aliphatic rings. The minimum Gasteiger partial charge on any atom is -1.00 e. The SMILES string of the molecule is O=C(C[NH2+]OC(=O)C(O)(c1ccccc1)c1ccccc1)OCc1ccccc1.[Br-]. The van der Waals surface area contributed by atoms with Crippen molar-refractivity contribution in [2.75, 3.05) is 6.54 Å². The number of aliphatic hydroxyl groups is 1. The topological polar surface area (TPSA) is 89.4 Å². The van der Waals surface area contributed by atoms with Gasteiger partial charge in [-0.25, -0.2) is 9.59 Å². The summed E-state index contributed by atoms with van der Waals surface area (Å²) in [5.74, 6) is -1.43. The zero-order chi connectivity index (χ0) is 20.5. The highest BCUT2D eigenvalue weighted by molar-refractivity contribution is 5.84. The van der Waals surface area contributed by atoms with E-state index in [2.05, 4.69) is 0 Å². The summed E-state index contributed by atoms with van der Waals surface area (Å²) < 4.78 is 5.14. The van der Waals surface area contributed by atoms with Crippen LogP contribution in [0.2, 0.25) is 0 Å². The Labute approximate surface area is 185 Å². The second kappa shape index (κ2) is 11.3. The van der Waals surface area contributed by atoms with E-state index in [4.69, 9.17) is 9.57 Å². The molecule has 3 aromatic rings. The monoisotopic (exact) mass is 471 g/mol. The molecule has 7 heteroatoms. The molecule has 0 amide bonds. The zero-order valence-electron chi connectivity index (χ0n) is 16.1. The van der Waals surface area contributed by atoms with Crippen LogP contribution in [-0.2, 0) is 31.4 Å². The Morgan fingerprint density at radius 2 is 1.27 bits per heavy atom. The number of esters is 1. The van der Waals surface area contributed by atoms with Gasteiger partial charge in [0, 0.05) is 0 Å². The Hall–Kier alpha value is -3.00. The molecule has 0 spiro atoms. The number of benzene rings is 3. The molecule has 30 heavy (non-hydrogen) atoms. The average molecular weight is 472 g/mol. The summed E-state index contributed by atoms with van der Waals surface area (Å²) in [5, 5.41) is 11.2. The van der Waals surface area contributed by atoms with Crippen LogP contribution in [0.1, 0.15) is 16.7 Å². The van der Waals surface area contributed by atoms with E-state index < -0.39 is 17.5 Å². The van der Waals surface area contributed by atoms with Crippen molar-refractivity contribution < 1.29 is 46.7 Å². The molecule has 0 saturated carbocycles. The van der Waals surface area contributed by atoms with Crippen molar-refractivity contribution in [2.24, 2.45) is 0 Å². The Bertz CT molecular complexity index is 896. The zero-order valence-corrected chi connectivity index (χ0v) is 17.7. The summed E-state index contributed by atoms with van der Waals surface area (Å²) in [6, 6.07) is 26.3. The largest absolute Gasteiger partial charge is 1.00 e. The highest BCUT2D eigenvalue weighted by Gasteiger charge is 2.43. The second-order valence-corrected chi connectivity index (χ2v) is 6.36. The van der Waals surface area contributed by atoms with Crippen LogP contribution in [0.25, 0.3) is 0 Å². The number of carbonyl (C=O) groups excluding carboxylic acids is 2. The molecule has 0 saturated heterocycles. The van der Waals surface area contributed by atoms with Gasteiger partial charge in [0.25, 0.3) is 0 Å². The van der Waals surface area contributed by atoms with Gasteiger partial charge in [-0.2, -0.15) is 0 Å². The fourth-order valence-corrected chi connectivity index (χ4v) is 2.83. The summed E-state index contributed by atoms with van der Waals surface area (Å²) >= 11 is 0. The van der Waals surface area contributed by atoms with Crippen molar-refractivity contribution in [1.29, 1.82) is 0 Å². The highest BCUT2D eigenvalue weighted by atomic mass is 79.9. The summed E-state index contributed by atoms with van der Waals surface area (Å²) in [5.41, 5.74) is 0.660. The fourth-order valence-electron chi connectivity index (χ4n) is 2.83. The molecule has 3 N–H and O–H groups in total. The van der Waals surface area contributed by atoms with Crippen LogP contribution in [0.4, 0.5) is 0 Å². The maximum Gasteiger partial charge on any atom is 0.406 e. The normalized spacial score (nSPS) is 10.6. The summed E-state index contributed by atoms with van der Waals surface area (Å²) in [7, 11) is 0. The van der Waals surface area contributed by atoms with E-state index in [1.165, 1.54) is 0 Å². The molecule has 0 radical (unpaired) electrons. The first-order chi connectivity index (χ1) is 14.1. The molecule has 3 aromatic carbocycles. The van der Waals surface area contributed by atoms with E-state index in [-0.39, 0.29) is 30.1 Å². The van der Waals surface area contributed by atoms with Crippen molar-refractivity contribution in [3.05, 3.63) is 108 Å². The third-order valence-corrected chi connectivity index (χ3v) is 4.36. The lowest BCUT2D eigenvalue weighted by molar-refractivity contribution is -0.866. The molecular weight excluding hydrogens is 450 g/mol. The quantitative estimate of drug-likeness (QED) is 0.314. The van der Waals surface area contributed by atoms with Crippen LogP contribution >= 0.6 is 0 Å². The number of quaternary nitrogens is 1. The van der Waals surface area contributed by atoms with Gasteiger partial charge >= 0.3 is 11.9 Å². The molecule has 0 fully saturated rings. The van der Waals surface area contributed by atoms with Crippen molar-refractivity contribution in [3.63, 3.8) is 0 Å². The van der Waals surface area contributed by atoms with Crippen molar-refractivity contribution in [2.45, 2.75) is 12.2 Å². The molecule has 0 heterocycles. The molecule has 0 unspecified atom stereocenters. The van der Waals surface area contributed by atoms with Gasteiger partial charge in [-0.3, -0.25) is 4.84 Å². The summed E-state index contributed by atoms with van der Waals surface area (Å²) in [4.78, 5) is 29.8. The molecule has 156 valence electrons. The van der Waals surface area contributed by atoms with E-state index in [1.807, 2.05) is 30.3 Å². The third-order valence-electron chi connectivity index (χ3n) is 4.36. The van der Waals surface area contributed by atoms with E-state index in [9.17, 15) is 14.7 Å². The van der Waals surface area contributed by atoms with Crippen LogP contribution in [0.3, 0.4) is 0 Å². The van der Waals surface area contributed by atoms with Gasteiger partial charge in [0.15, 0.2) is 0 Å². The van der Waals surface area contributed by atoms with Crippen molar-refractivity contribution >= 4 is 11.9 Å². The van der Waals surface area contributed by atoms with Crippen LogP contribution in [0.5, 0.6) is 0 Å². The van der Waals surface area contributed by atoms with Gasteiger partial charge in [0.1, 0.15) is 6.61 Å². The lowest BCUT2D eigenvalue weighted by Crippen LogP contribution is -3.00. The first-order valence-electron chi connectivity index (χ1n) is 9.16. The second-order valence-electron chi connectivity index (χ2n) is 6.36. The van der Waals surface area contributed by atoms with Gasteiger partial charge in [-0.05, 0) is 16.7 Å². The van der Waals surface area contributed by atoms with E-state index in [0.29, 0.717) is 11.1 Å². The van der Waals surface area contributed by atoms with Crippen LogP contribution in [0.15, 0.2) is 91.0 Å². The predicted octanol–water partition coefficient (Wildman–Crippen LogP) is -1.31. The molecular formula is C23H22BrNO5. The lowest BCUT2D eigenvalue weighted by atomic mass is 9.86. The van der Waals surface area contributed by atoms with Gasteiger partial charge in [0.05, 0.1) is 0 Å². The fraction of sp³-hybridized carbons (Fsp3) is 0.130. The number of carbonyl (C=O) groups is 2. The predicted molar refractivity (Wildman–Crippen MR) is 105 cm³/mol. The maximum absolute atomic E-state index is 12.8. The highest BCUT2D eigenvalue weighted by Crippen LogP contribution is 2.30. The Balaban J connectivity index is 0.00000320. The van der Waals surface area contributed by atoms with Crippen LogP contribution in [0, 0.1) is 0 Å². The molecule has 0 atom stereocenters. The Kier molecular flexibility index (Phi) is 8.73. The Morgan fingerprint density at radius 3 is 1.77 bits per heavy atom. The van der Waals surface area contributed by atoms with Crippen molar-refractivity contribution in [1.82, 2.24) is 0 Å². The minimum atomic E-state index is -1.99. The molecule has 0 aliphatic carbocycles. The molecule has 0 aromatic heterocycles. The van der Waals surface area contributed by atoms with Crippen molar-refractivity contribution in [3.8, 4) is 0 Å². The maximum atomic E-state index is 12.8.